The molecular weight excluding hydrogens is 438 g/mol. The standard InChI is InChI=1S/C25H31N3O4S/c1-3-24(29)26-19-21-14-17-28(18-15-21)33(31,32)23-11-9-22(10-12-23)25(30)27(2)16-13-20-7-5-4-6-8-20/h3-12,21H,1,13-19H2,2H3,(H,26,29). The lowest BCUT2D eigenvalue weighted by molar-refractivity contribution is -0.116. The minimum Gasteiger partial charge on any atom is -0.352 e. The molecule has 2 aromatic rings. The van der Waals surface area contributed by atoms with Crippen LogP contribution >= 0.6 is 0 Å². The van der Waals surface area contributed by atoms with Crippen LogP contribution in [0.5, 0.6) is 0 Å². The summed E-state index contributed by atoms with van der Waals surface area (Å²) in [6.07, 6.45) is 3.34. The van der Waals surface area contributed by atoms with Crippen LogP contribution in [0.3, 0.4) is 0 Å². The molecule has 0 unspecified atom stereocenters. The molecule has 1 aliphatic rings. The van der Waals surface area contributed by atoms with Crippen molar-refractivity contribution in [3.8, 4) is 0 Å². The smallest absolute Gasteiger partial charge is 0.253 e. The highest BCUT2D eigenvalue weighted by Gasteiger charge is 2.29. The van der Waals surface area contributed by atoms with E-state index in [2.05, 4.69) is 11.9 Å². The Bertz CT molecular complexity index is 1060. The van der Waals surface area contributed by atoms with E-state index in [0.717, 1.165) is 12.0 Å². The zero-order valence-electron chi connectivity index (χ0n) is 18.9. The maximum atomic E-state index is 13.0. The van der Waals surface area contributed by atoms with Gasteiger partial charge < -0.3 is 10.2 Å². The van der Waals surface area contributed by atoms with Crippen molar-refractivity contribution in [3.05, 3.63) is 78.4 Å². The number of hydrogen-bond acceptors (Lipinski definition) is 4. The summed E-state index contributed by atoms with van der Waals surface area (Å²) in [4.78, 5) is 25.9. The number of nitrogens with one attached hydrogen (secondary N) is 1. The van der Waals surface area contributed by atoms with Crippen LogP contribution < -0.4 is 5.32 Å². The van der Waals surface area contributed by atoms with Gasteiger partial charge in [0, 0.05) is 38.8 Å². The molecule has 0 radical (unpaired) electrons. The van der Waals surface area contributed by atoms with Crippen LogP contribution in [0.25, 0.3) is 0 Å². The van der Waals surface area contributed by atoms with Gasteiger partial charge in [0.05, 0.1) is 4.90 Å². The number of sulfonamides is 1. The molecular formula is C25H31N3O4S. The molecule has 7 nitrogen and oxygen atoms in total. The fourth-order valence-electron chi connectivity index (χ4n) is 3.85. The van der Waals surface area contributed by atoms with Crippen molar-refractivity contribution in [1.82, 2.24) is 14.5 Å². The average Bonchev–Trinajstić information content (AvgIpc) is 2.86. The lowest BCUT2D eigenvalue weighted by atomic mass is 9.98. The third kappa shape index (κ3) is 6.52. The number of piperidine rings is 1. The van der Waals surface area contributed by atoms with Crippen LogP contribution in [-0.2, 0) is 21.2 Å². The molecule has 1 aliphatic heterocycles. The molecule has 2 aromatic carbocycles. The van der Waals surface area contributed by atoms with Crippen LogP contribution in [0.4, 0.5) is 0 Å². The van der Waals surface area contributed by atoms with Crippen LogP contribution in [0.15, 0.2) is 72.1 Å². The van der Waals surface area contributed by atoms with Gasteiger partial charge >= 0.3 is 0 Å². The fraction of sp³-hybridized carbons (Fsp3) is 0.360. The number of carbonyl (C=O) groups is 2. The summed E-state index contributed by atoms with van der Waals surface area (Å²) >= 11 is 0. The van der Waals surface area contributed by atoms with Crippen molar-refractivity contribution >= 4 is 21.8 Å². The van der Waals surface area contributed by atoms with Gasteiger partial charge in [-0.3, -0.25) is 9.59 Å². The largest absolute Gasteiger partial charge is 0.352 e. The van der Waals surface area contributed by atoms with Crippen molar-refractivity contribution in [1.29, 1.82) is 0 Å². The molecule has 1 fully saturated rings. The molecule has 0 saturated carbocycles. The van der Waals surface area contributed by atoms with Crippen LogP contribution in [0.1, 0.15) is 28.8 Å². The number of likely N-dealkylation sites (N-methyl/N-ethyl adjacent to an activating group) is 1. The van der Waals surface area contributed by atoms with Gasteiger partial charge in [-0.25, -0.2) is 8.42 Å². The van der Waals surface area contributed by atoms with E-state index in [0.29, 0.717) is 44.6 Å². The van der Waals surface area contributed by atoms with Crippen molar-refractivity contribution in [2.45, 2.75) is 24.2 Å². The predicted octanol–water partition coefficient (Wildman–Crippen LogP) is 2.70. The minimum absolute atomic E-state index is 0.141. The first-order chi connectivity index (χ1) is 15.8. The van der Waals surface area contributed by atoms with Gasteiger partial charge in [0.25, 0.3) is 5.91 Å². The average molecular weight is 470 g/mol. The first kappa shape index (κ1) is 24.7. The van der Waals surface area contributed by atoms with E-state index in [1.807, 2.05) is 30.3 Å². The van der Waals surface area contributed by atoms with Crippen LogP contribution in [-0.4, -0.2) is 62.7 Å². The molecule has 8 heteroatoms. The normalized spacial score (nSPS) is 15.1. The fourth-order valence-corrected chi connectivity index (χ4v) is 5.32. The Morgan fingerprint density at radius 2 is 1.73 bits per heavy atom. The van der Waals surface area contributed by atoms with Crippen molar-refractivity contribution in [2.75, 3.05) is 33.2 Å². The third-order valence-corrected chi connectivity index (χ3v) is 7.90. The van der Waals surface area contributed by atoms with Gasteiger partial charge in [-0.2, -0.15) is 4.31 Å². The highest BCUT2D eigenvalue weighted by atomic mass is 32.2. The van der Waals surface area contributed by atoms with E-state index in [4.69, 9.17) is 0 Å². The van der Waals surface area contributed by atoms with Crippen LogP contribution in [0, 0.1) is 5.92 Å². The molecule has 0 aromatic heterocycles. The molecule has 2 amide bonds. The molecule has 1 N–H and O–H groups in total. The lowest BCUT2D eigenvalue weighted by Crippen LogP contribution is -2.41. The molecule has 176 valence electrons. The maximum absolute atomic E-state index is 13.0. The van der Waals surface area contributed by atoms with Gasteiger partial charge in [0.1, 0.15) is 0 Å². The maximum Gasteiger partial charge on any atom is 0.253 e. The number of carbonyl (C=O) groups excluding carboxylic acids is 2. The lowest BCUT2D eigenvalue weighted by Gasteiger charge is -2.31. The van der Waals surface area contributed by atoms with Gasteiger partial charge in [-0.1, -0.05) is 36.9 Å². The van der Waals surface area contributed by atoms with E-state index >= 15 is 0 Å². The third-order valence-electron chi connectivity index (χ3n) is 5.99. The summed E-state index contributed by atoms with van der Waals surface area (Å²) in [6, 6.07) is 16.1. The van der Waals surface area contributed by atoms with Crippen molar-refractivity contribution in [2.24, 2.45) is 5.92 Å². The Hall–Kier alpha value is -2.97. The SMILES string of the molecule is C=CC(=O)NCC1CCN(S(=O)(=O)c2ccc(C(=O)N(C)CCc3ccccc3)cc2)CC1. The van der Waals surface area contributed by atoms with E-state index in [-0.39, 0.29) is 22.6 Å². The Balaban J connectivity index is 1.55. The second kappa shape index (κ2) is 11.2. The Kier molecular flexibility index (Phi) is 8.41. The first-order valence-corrected chi connectivity index (χ1v) is 12.5. The van der Waals surface area contributed by atoms with Crippen molar-refractivity contribution < 1.29 is 18.0 Å². The van der Waals surface area contributed by atoms with E-state index in [1.54, 1.807) is 24.1 Å². The monoisotopic (exact) mass is 469 g/mol. The Labute approximate surface area is 196 Å². The zero-order chi connectivity index (χ0) is 23.8. The topological polar surface area (TPSA) is 86.8 Å². The van der Waals surface area contributed by atoms with E-state index in [9.17, 15) is 18.0 Å². The Morgan fingerprint density at radius 1 is 1.09 bits per heavy atom. The summed E-state index contributed by atoms with van der Waals surface area (Å²) in [7, 11) is -1.88. The van der Waals surface area contributed by atoms with Gasteiger partial charge in [0.15, 0.2) is 0 Å². The van der Waals surface area contributed by atoms with Gasteiger partial charge in [0.2, 0.25) is 15.9 Å². The highest BCUT2D eigenvalue weighted by Crippen LogP contribution is 2.24. The number of nitrogens with zero attached hydrogens (tertiary/aromatic N) is 2. The number of amides is 2. The number of hydrogen-bond donors (Lipinski definition) is 1. The molecule has 33 heavy (non-hydrogen) atoms. The molecule has 0 aliphatic carbocycles. The predicted molar refractivity (Wildman–Crippen MR) is 128 cm³/mol. The second-order valence-corrected chi connectivity index (χ2v) is 10.2. The summed E-state index contributed by atoms with van der Waals surface area (Å²) in [6.45, 7) is 5.33. The summed E-state index contributed by atoms with van der Waals surface area (Å²) < 4.78 is 27.5. The molecule has 1 heterocycles. The number of benzene rings is 2. The zero-order valence-corrected chi connectivity index (χ0v) is 19.8. The van der Waals surface area contributed by atoms with Crippen molar-refractivity contribution in [3.63, 3.8) is 0 Å². The quantitative estimate of drug-likeness (QED) is 0.572. The summed E-state index contributed by atoms with van der Waals surface area (Å²) in [5.74, 6) is -0.116. The second-order valence-electron chi connectivity index (χ2n) is 8.28. The number of rotatable bonds is 9. The molecule has 3 rings (SSSR count). The molecule has 0 spiro atoms. The van der Waals surface area contributed by atoms with Gasteiger partial charge in [-0.05, 0) is 61.1 Å². The molecule has 1 saturated heterocycles. The van der Waals surface area contributed by atoms with Gasteiger partial charge in [-0.15, -0.1) is 0 Å². The Morgan fingerprint density at radius 3 is 2.33 bits per heavy atom. The van der Waals surface area contributed by atoms with Crippen LogP contribution in [0.2, 0.25) is 0 Å². The summed E-state index contributed by atoms with van der Waals surface area (Å²) in [5.41, 5.74) is 1.62. The van der Waals surface area contributed by atoms with E-state index < -0.39 is 10.0 Å². The summed E-state index contributed by atoms with van der Waals surface area (Å²) in [5, 5.41) is 2.77. The molecule has 0 atom stereocenters. The highest BCUT2D eigenvalue weighted by molar-refractivity contribution is 7.89. The van der Waals surface area contributed by atoms with E-state index in [1.165, 1.54) is 22.5 Å². The molecule has 0 bridgehead atoms. The minimum atomic E-state index is -3.63. The first-order valence-electron chi connectivity index (χ1n) is 11.1.